The molecule has 0 saturated heterocycles. The van der Waals surface area contributed by atoms with Gasteiger partial charge < -0.3 is 14.7 Å². The van der Waals surface area contributed by atoms with Crippen LogP contribution in [-0.4, -0.2) is 28.3 Å². The number of ether oxygens (including phenoxy) is 1. The molecule has 0 saturated carbocycles. The molecular formula is C14H16Cl5NO3. The smallest absolute Gasteiger partial charge is 0.226 e. The van der Waals surface area contributed by atoms with Crippen molar-refractivity contribution in [2.45, 2.75) is 29.5 Å². The number of halogens is 5. The summed E-state index contributed by atoms with van der Waals surface area (Å²) in [6.45, 7) is 0.390. The highest BCUT2D eigenvalue weighted by Gasteiger charge is 2.20. The van der Waals surface area contributed by atoms with Gasteiger partial charge in [0.2, 0.25) is 3.79 Å². The SMILES string of the molecule is Oc1cc(Cl)c(OCCCCCC=NOCC(Cl)(Cl)Cl)c(Cl)c1. The molecule has 1 aromatic carbocycles. The van der Waals surface area contributed by atoms with Crippen molar-refractivity contribution in [2.24, 2.45) is 5.16 Å². The predicted molar refractivity (Wildman–Crippen MR) is 96.8 cm³/mol. The number of alkyl halides is 3. The summed E-state index contributed by atoms with van der Waals surface area (Å²) in [7, 11) is 0. The molecule has 0 bridgehead atoms. The minimum Gasteiger partial charge on any atom is -0.508 e. The van der Waals surface area contributed by atoms with Gasteiger partial charge >= 0.3 is 0 Å². The zero-order valence-corrected chi connectivity index (χ0v) is 15.9. The molecule has 0 aliphatic heterocycles. The third-order valence-corrected chi connectivity index (χ3v) is 3.47. The Morgan fingerprint density at radius 2 is 1.74 bits per heavy atom. The van der Waals surface area contributed by atoms with Crippen molar-refractivity contribution in [1.82, 2.24) is 0 Å². The molecule has 1 rings (SSSR count). The third-order valence-electron chi connectivity index (χ3n) is 2.58. The van der Waals surface area contributed by atoms with Gasteiger partial charge in [-0.25, -0.2) is 0 Å². The summed E-state index contributed by atoms with van der Waals surface area (Å²) in [6, 6.07) is 2.77. The Morgan fingerprint density at radius 3 is 2.35 bits per heavy atom. The van der Waals surface area contributed by atoms with Crippen LogP contribution in [0, 0.1) is 0 Å². The second-order valence-electron chi connectivity index (χ2n) is 4.61. The Bertz CT molecular complexity index is 497. The first-order valence-electron chi connectivity index (χ1n) is 6.81. The lowest BCUT2D eigenvalue weighted by molar-refractivity contribution is 0.150. The minimum absolute atomic E-state index is 0.00333. The second-order valence-corrected chi connectivity index (χ2v) is 7.94. The van der Waals surface area contributed by atoms with Crippen molar-refractivity contribution >= 4 is 64.2 Å². The Kier molecular flexibility index (Phi) is 9.55. The van der Waals surface area contributed by atoms with E-state index in [0.717, 1.165) is 25.7 Å². The van der Waals surface area contributed by atoms with Gasteiger partial charge in [-0.05, 0) is 25.7 Å². The van der Waals surface area contributed by atoms with Crippen LogP contribution in [0.4, 0.5) is 0 Å². The summed E-state index contributed by atoms with van der Waals surface area (Å²) in [5.41, 5.74) is 0. The summed E-state index contributed by atoms with van der Waals surface area (Å²) < 4.78 is 4.07. The number of phenolic OH excluding ortho intramolecular Hbond substituents is 1. The third kappa shape index (κ3) is 9.58. The molecule has 0 unspecified atom stereocenters. The highest BCUT2D eigenvalue weighted by molar-refractivity contribution is 6.67. The van der Waals surface area contributed by atoms with E-state index in [-0.39, 0.29) is 22.4 Å². The zero-order valence-electron chi connectivity index (χ0n) is 12.1. The number of unbranched alkanes of at least 4 members (excludes halogenated alkanes) is 3. The van der Waals surface area contributed by atoms with Crippen molar-refractivity contribution in [3.8, 4) is 11.5 Å². The molecule has 0 radical (unpaired) electrons. The highest BCUT2D eigenvalue weighted by atomic mass is 35.6. The minimum atomic E-state index is -1.45. The molecule has 130 valence electrons. The van der Waals surface area contributed by atoms with Crippen molar-refractivity contribution in [1.29, 1.82) is 0 Å². The number of hydrogen-bond acceptors (Lipinski definition) is 4. The van der Waals surface area contributed by atoms with Gasteiger partial charge in [0.15, 0.2) is 12.4 Å². The molecule has 23 heavy (non-hydrogen) atoms. The van der Waals surface area contributed by atoms with E-state index in [2.05, 4.69) is 5.16 Å². The Balaban J connectivity index is 2.11. The summed E-state index contributed by atoms with van der Waals surface area (Å²) in [5, 5.41) is 13.6. The molecule has 0 aromatic heterocycles. The summed E-state index contributed by atoms with van der Waals surface area (Å²) in [5.74, 6) is 0.386. The van der Waals surface area contributed by atoms with Gasteiger partial charge in [0.25, 0.3) is 0 Å². The van der Waals surface area contributed by atoms with E-state index in [1.807, 2.05) is 0 Å². The molecule has 0 fully saturated rings. The second kappa shape index (κ2) is 10.6. The van der Waals surface area contributed by atoms with Gasteiger partial charge in [-0.1, -0.05) is 63.2 Å². The van der Waals surface area contributed by atoms with E-state index in [0.29, 0.717) is 12.4 Å². The standard InChI is InChI=1S/C14H16Cl5NO3/c15-11-7-10(21)8-12(16)13(11)22-6-4-2-1-3-5-20-23-9-14(17,18)19/h5,7-8,21H,1-4,6,9H2. The van der Waals surface area contributed by atoms with Crippen LogP contribution in [0.5, 0.6) is 11.5 Å². The molecule has 4 nitrogen and oxygen atoms in total. The molecule has 0 heterocycles. The highest BCUT2D eigenvalue weighted by Crippen LogP contribution is 2.36. The Morgan fingerprint density at radius 1 is 1.09 bits per heavy atom. The van der Waals surface area contributed by atoms with Gasteiger partial charge in [-0.15, -0.1) is 0 Å². The van der Waals surface area contributed by atoms with Gasteiger partial charge in [0.1, 0.15) is 5.75 Å². The van der Waals surface area contributed by atoms with E-state index in [1.165, 1.54) is 12.1 Å². The van der Waals surface area contributed by atoms with Crippen LogP contribution < -0.4 is 4.74 Å². The number of rotatable bonds is 9. The van der Waals surface area contributed by atoms with Gasteiger partial charge in [-0.3, -0.25) is 0 Å². The van der Waals surface area contributed by atoms with E-state index in [1.54, 1.807) is 6.21 Å². The van der Waals surface area contributed by atoms with Gasteiger partial charge in [0.05, 0.1) is 16.7 Å². The monoisotopic (exact) mass is 421 g/mol. The summed E-state index contributed by atoms with van der Waals surface area (Å²) in [6.07, 6.45) is 5.06. The maximum absolute atomic E-state index is 9.32. The van der Waals surface area contributed by atoms with Gasteiger partial charge in [0, 0.05) is 18.3 Å². The van der Waals surface area contributed by atoms with E-state index in [9.17, 15) is 5.11 Å². The van der Waals surface area contributed by atoms with Gasteiger partial charge in [-0.2, -0.15) is 0 Å². The Labute approximate surface area is 160 Å². The number of aromatic hydroxyl groups is 1. The maximum Gasteiger partial charge on any atom is 0.226 e. The first-order chi connectivity index (χ1) is 10.8. The quantitative estimate of drug-likeness (QED) is 0.229. The van der Waals surface area contributed by atoms with Crippen LogP contribution in [0.25, 0.3) is 0 Å². The van der Waals surface area contributed by atoms with Crippen LogP contribution in [0.15, 0.2) is 17.3 Å². The number of phenols is 1. The molecular weight excluding hydrogens is 407 g/mol. The fraction of sp³-hybridized carbons (Fsp3) is 0.500. The fourth-order valence-corrected chi connectivity index (χ4v) is 2.32. The van der Waals surface area contributed by atoms with Crippen molar-refractivity contribution in [3.05, 3.63) is 22.2 Å². The van der Waals surface area contributed by atoms with Crippen LogP contribution >= 0.6 is 58.0 Å². The average Bonchev–Trinajstić information content (AvgIpc) is 2.41. The fourth-order valence-electron chi connectivity index (χ4n) is 1.59. The lowest BCUT2D eigenvalue weighted by Crippen LogP contribution is -2.10. The van der Waals surface area contributed by atoms with Crippen LogP contribution in [0.2, 0.25) is 10.0 Å². The average molecular weight is 424 g/mol. The maximum atomic E-state index is 9.32. The molecule has 0 atom stereocenters. The largest absolute Gasteiger partial charge is 0.508 e. The Hall–Kier alpha value is -0.260. The molecule has 0 aliphatic carbocycles. The molecule has 9 heteroatoms. The number of benzene rings is 1. The zero-order chi connectivity index (χ0) is 17.3. The lowest BCUT2D eigenvalue weighted by atomic mass is 10.2. The predicted octanol–water partition coefficient (Wildman–Crippen LogP) is 6.01. The van der Waals surface area contributed by atoms with E-state index in [4.69, 9.17) is 67.6 Å². The first kappa shape index (κ1) is 20.8. The molecule has 0 amide bonds. The lowest BCUT2D eigenvalue weighted by Gasteiger charge is -2.10. The molecule has 1 N–H and O–H groups in total. The molecule has 0 spiro atoms. The number of hydrogen-bond donors (Lipinski definition) is 1. The van der Waals surface area contributed by atoms with Crippen LogP contribution in [0.3, 0.4) is 0 Å². The summed E-state index contributed by atoms with van der Waals surface area (Å²) in [4.78, 5) is 4.82. The van der Waals surface area contributed by atoms with Crippen molar-refractivity contribution < 1.29 is 14.7 Å². The normalized spacial score (nSPS) is 11.9. The van der Waals surface area contributed by atoms with Crippen LogP contribution in [-0.2, 0) is 4.84 Å². The molecule has 0 aliphatic rings. The topological polar surface area (TPSA) is 51.0 Å². The number of oxime groups is 1. The number of nitrogens with zero attached hydrogens (tertiary/aromatic N) is 1. The first-order valence-corrected chi connectivity index (χ1v) is 8.70. The summed E-state index contributed by atoms with van der Waals surface area (Å²) >= 11 is 28.4. The van der Waals surface area contributed by atoms with Crippen LogP contribution in [0.1, 0.15) is 25.7 Å². The van der Waals surface area contributed by atoms with Crippen molar-refractivity contribution in [2.75, 3.05) is 13.2 Å². The molecule has 1 aromatic rings. The van der Waals surface area contributed by atoms with E-state index < -0.39 is 3.79 Å². The van der Waals surface area contributed by atoms with Crippen molar-refractivity contribution in [3.63, 3.8) is 0 Å². The van der Waals surface area contributed by atoms with E-state index >= 15 is 0 Å².